The van der Waals surface area contributed by atoms with Crippen LogP contribution in [0.2, 0.25) is 0 Å². The third kappa shape index (κ3) is 6.88. The van der Waals surface area contributed by atoms with Crippen LogP contribution in [-0.4, -0.2) is 37.5 Å². The summed E-state index contributed by atoms with van der Waals surface area (Å²) in [6, 6.07) is 7.74. The molecule has 1 rings (SSSR count). The Hall–Kier alpha value is -0.370. The number of nitrogens with two attached hydrogens (primary N) is 1. The van der Waals surface area contributed by atoms with E-state index in [9.17, 15) is 4.79 Å². The number of carbonyl (C=O) groups is 1. The van der Waals surface area contributed by atoms with Gasteiger partial charge in [0, 0.05) is 10.1 Å². The second-order valence-electron chi connectivity index (χ2n) is 5.57. The molecular weight excluding hydrogens is 389 g/mol. The van der Waals surface area contributed by atoms with Gasteiger partial charge in [-0.05, 0) is 53.7 Å². The summed E-state index contributed by atoms with van der Waals surface area (Å²) < 4.78 is 1.04. The van der Waals surface area contributed by atoms with Crippen molar-refractivity contribution >= 4 is 46.6 Å². The highest BCUT2D eigenvalue weighted by Gasteiger charge is 2.19. The molecule has 0 bridgehead atoms. The monoisotopic (exact) mass is 411 g/mol. The van der Waals surface area contributed by atoms with Crippen LogP contribution < -0.4 is 11.1 Å². The number of hydrogen-bond acceptors (Lipinski definition) is 3. The number of para-hydroxylation sites is 1. The SMILES string of the molecule is CN(CC(=O)Nc1ccccc1I)CC(C)(C)CN.Cl. The second-order valence-corrected chi connectivity index (χ2v) is 6.73. The summed E-state index contributed by atoms with van der Waals surface area (Å²) in [5, 5.41) is 2.93. The molecule has 114 valence electrons. The van der Waals surface area contributed by atoms with Crippen molar-refractivity contribution in [2.24, 2.45) is 11.1 Å². The number of halogens is 2. The van der Waals surface area contributed by atoms with Crippen LogP contribution in [0.25, 0.3) is 0 Å². The number of nitrogens with one attached hydrogen (secondary N) is 1. The van der Waals surface area contributed by atoms with Crippen molar-refractivity contribution in [3.63, 3.8) is 0 Å². The van der Waals surface area contributed by atoms with Gasteiger partial charge in [-0.2, -0.15) is 0 Å². The van der Waals surface area contributed by atoms with Gasteiger partial charge in [-0.3, -0.25) is 9.69 Å². The third-order valence-corrected chi connectivity index (χ3v) is 3.75. The Balaban J connectivity index is 0.00000361. The Morgan fingerprint density at radius 1 is 1.40 bits per heavy atom. The summed E-state index contributed by atoms with van der Waals surface area (Å²) >= 11 is 2.21. The Morgan fingerprint density at radius 2 is 2.00 bits per heavy atom. The molecule has 0 saturated carbocycles. The zero-order chi connectivity index (χ0) is 14.5. The quantitative estimate of drug-likeness (QED) is 0.707. The van der Waals surface area contributed by atoms with E-state index in [1.165, 1.54) is 0 Å². The van der Waals surface area contributed by atoms with Crippen LogP contribution in [0, 0.1) is 8.99 Å². The molecule has 1 aromatic carbocycles. The summed E-state index contributed by atoms with van der Waals surface area (Å²) in [5.41, 5.74) is 6.59. The first-order chi connectivity index (χ1) is 8.84. The van der Waals surface area contributed by atoms with Gasteiger partial charge in [0.25, 0.3) is 0 Å². The van der Waals surface area contributed by atoms with Gasteiger partial charge in [0.2, 0.25) is 5.91 Å². The molecule has 0 heterocycles. The topological polar surface area (TPSA) is 58.4 Å². The molecule has 0 fully saturated rings. The Bertz CT molecular complexity index is 440. The highest BCUT2D eigenvalue weighted by molar-refractivity contribution is 14.1. The predicted octanol–water partition coefficient (Wildman–Crippen LogP) is 2.57. The highest BCUT2D eigenvalue weighted by atomic mass is 127. The van der Waals surface area contributed by atoms with Crippen molar-refractivity contribution < 1.29 is 4.79 Å². The van der Waals surface area contributed by atoms with E-state index in [1.54, 1.807) is 0 Å². The molecule has 0 saturated heterocycles. The molecule has 0 unspecified atom stereocenters. The van der Waals surface area contributed by atoms with E-state index >= 15 is 0 Å². The average Bonchev–Trinajstić information content (AvgIpc) is 2.31. The Kier molecular flexibility index (Phi) is 8.65. The zero-order valence-corrected chi connectivity index (χ0v) is 15.1. The lowest BCUT2D eigenvalue weighted by atomic mass is 9.93. The first kappa shape index (κ1) is 19.6. The van der Waals surface area contributed by atoms with Crippen LogP contribution >= 0.6 is 35.0 Å². The molecule has 1 aromatic rings. The van der Waals surface area contributed by atoms with Crippen LogP contribution in [-0.2, 0) is 4.79 Å². The van der Waals surface area contributed by atoms with Gasteiger partial charge < -0.3 is 11.1 Å². The molecule has 0 radical (unpaired) electrons. The number of benzene rings is 1. The van der Waals surface area contributed by atoms with E-state index < -0.39 is 0 Å². The first-order valence-electron chi connectivity index (χ1n) is 6.27. The summed E-state index contributed by atoms with van der Waals surface area (Å²) in [4.78, 5) is 14.0. The number of anilines is 1. The fourth-order valence-corrected chi connectivity index (χ4v) is 2.37. The van der Waals surface area contributed by atoms with Crippen molar-refractivity contribution in [3.8, 4) is 0 Å². The number of likely N-dealkylation sites (N-methyl/N-ethyl adjacent to an activating group) is 1. The van der Waals surface area contributed by atoms with Gasteiger partial charge in [0.15, 0.2) is 0 Å². The summed E-state index contributed by atoms with van der Waals surface area (Å²) in [7, 11) is 1.94. The van der Waals surface area contributed by atoms with Crippen LogP contribution in [0.15, 0.2) is 24.3 Å². The lowest BCUT2D eigenvalue weighted by Gasteiger charge is -2.28. The minimum absolute atomic E-state index is 0. The maximum absolute atomic E-state index is 12.0. The molecule has 0 aromatic heterocycles. The number of carbonyl (C=O) groups excluding carboxylic acids is 1. The Labute approximate surface area is 141 Å². The van der Waals surface area contributed by atoms with Crippen molar-refractivity contribution in [1.82, 2.24) is 4.90 Å². The first-order valence-corrected chi connectivity index (χ1v) is 7.35. The molecule has 0 aliphatic carbocycles. The van der Waals surface area contributed by atoms with Crippen molar-refractivity contribution in [2.45, 2.75) is 13.8 Å². The maximum Gasteiger partial charge on any atom is 0.238 e. The van der Waals surface area contributed by atoms with Crippen LogP contribution in [0.3, 0.4) is 0 Å². The molecule has 0 aliphatic rings. The summed E-state index contributed by atoms with van der Waals surface area (Å²) in [6.07, 6.45) is 0. The van der Waals surface area contributed by atoms with E-state index in [0.717, 1.165) is 15.8 Å². The molecule has 3 N–H and O–H groups in total. The molecular formula is C14H23ClIN3O. The largest absolute Gasteiger partial charge is 0.330 e. The van der Waals surface area contributed by atoms with Crippen molar-refractivity contribution in [1.29, 1.82) is 0 Å². The molecule has 4 nitrogen and oxygen atoms in total. The minimum atomic E-state index is -0.000521. The van der Waals surface area contributed by atoms with E-state index in [0.29, 0.717) is 13.1 Å². The number of hydrogen-bond donors (Lipinski definition) is 2. The van der Waals surface area contributed by atoms with Crippen LogP contribution in [0.1, 0.15) is 13.8 Å². The minimum Gasteiger partial charge on any atom is -0.330 e. The molecule has 20 heavy (non-hydrogen) atoms. The van der Waals surface area contributed by atoms with Crippen molar-refractivity contribution in [3.05, 3.63) is 27.8 Å². The van der Waals surface area contributed by atoms with Gasteiger partial charge in [-0.25, -0.2) is 0 Å². The number of amides is 1. The number of rotatable bonds is 6. The highest BCUT2D eigenvalue weighted by Crippen LogP contribution is 2.17. The van der Waals surface area contributed by atoms with E-state index in [1.807, 2.05) is 36.2 Å². The van der Waals surface area contributed by atoms with E-state index in [2.05, 4.69) is 41.8 Å². The van der Waals surface area contributed by atoms with E-state index in [-0.39, 0.29) is 23.7 Å². The fourth-order valence-electron chi connectivity index (χ4n) is 1.85. The molecule has 0 atom stereocenters. The molecule has 6 heteroatoms. The van der Waals surface area contributed by atoms with Crippen LogP contribution in [0.5, 0.6) is 0 Å². The fraction of sp³-hybridized carbons (Fsp3) is 0.500. The normalized spacial score (nSPS) is 11.1. The molecule has 1 amide bonds. The second kappa shape index (κ2) is 8.81. The van der Waals surface area contributed by atoms with Gasteiger partial charge in [-0.15, -0.1) is 12.4 Å². The molecule has 0 aliphatic heterocycles. The lowest BCUT2D eigenvalue weighted by Crippen LogP contribution is -2.40. The van der Waals surface area contributed by atoms with E-state index in [4.69, 9.17) is 5.73 Å². The maximum atomic E-state index is 12.0. The third-order valence-electron chi connectivity index (χ3n) is 2.81. The van der Waals surface area contributed by atoms with Gasteiger partial charge in [0.1, 0.15) is 0 Å². The smallest absolute Gasteiger partial charge is 0.238 e. The standard InChI is InChI=1S/C14H22IN3O.ClH/c1-14(2,9-16)10-18(3)8-13(19)17-12-7-5-4-6-11(12)15;/h4-7H,8-10,16H2,1-3H3,(H,17,19);1H. The lowest BCUT2D eigenvalue weighted by molar-refractivity contribution is -0.117. The van der Waals surface area contributed by atoms with Gasteiger partial charge in [0.05, 0.1) is 12.2 Å². The van der Waals surface area contributed by atoms with Crippen molar-refractivity contribution in [2.75, 3.05) is 32.0 Å². The molecule has 0 spiro atoms. The summed E-state index contributed by atoms with van der Waals surface area (Å²) in [5.74, 6) is -0.000521. The summed E-state index contributed by atoms with van der Waals surface area (Å²) in [6.45, 7) is 5.97. The number of nitrogens with zero attached hydrogens (tertiary/aromatic N) is 1. The Morgan fingerprint density at radius 3 is 2.55 bits per heavy atom. The van der Waals surface area contributed by atoms with Gasteiger partial charge >= 0.3 is 0 Å². The van der Waals surface area contributed by atoms with Crippen LogP contribution in [0.4, 0.5) is 5.69 Å². The van der Waals surface area contributed by atoms with Gasteiger partial charge in [-0.1, -0.05) is 26.0 Å². The average molecular weight is 412 g/mol. The zero-order valence-electron chi connectivity index (χ0n) is 12.1. The predicted molar refractivity (Wildman–Crippen MR) is 95.4 cm³/mol.